The van der Waals surface area contributed by atoms with Crippen molar-refractivity contribution in [2.75, 3.05) is 0 Å². The molecule has 3 aromatic rings. The smallest absolute Gasteiger partial charge is 0.138 e. The van der Waals surface area contributed by atoms with Crippen LogP contribution >= 0.6 is 56.8 Å². The zero-order chi connectivity index (χ0) is 15.1. The van der Waals surface area contributed by atoms with Gasteiger partial charge in [0.15, 0.2) is 0 Å². The van der Waals surface area contributed by atoms with Crippen LogP contribution in [0.5, 0.6) is 0 Å². The Morgan fingerprint density at radius 2 is 1.90 bits per heavy atom. The molecule has 0 bridgehead atoms. The summed E-state index contributed by atoms with van der Waals surface area (Å²) in [5, 5.41) is -0.269. The lowest BCUT2D eigenvalue weighted by Crippen LogP contribution is -2.03. The van der Waals surface area contributed by atoms with Gasteiger partial charge in [-0.3, -0.25) is 4.57 Å². The molecule has 1 heterocycles. The summed E-state index contributed by atoms with van der Waals surface area (Å²) in [6, 6.07) is 11.2. The molecule has 21 heavy (non-hydrogen) atoms. The average Bonchev–Trinajstić information content (AvgIpc) is 2.78. The third kappa shape index (κ3) is 2.79. The highest BCUT2D eigenvalue weighted by Gasteiger charge is 2.19. The van der Waals surface area contributed by atoms with Gasteiger partial charge in [0.1, 0.15) is 11.6 Å². The first-order chi connectivity index (χ1) is 9.99. The van der Waals surface area contributed by atoms with Gasteiger partial charge in [-0.15, -0.1) is 11.6 Å². The van der Waals surface area contributed by atoms with Crippen molar-refractivity contribution in [2.45, 2.75) is 12.3 Å². The van der Waals surface area contributed by atoms with Gasteiger partial charge in [0.05, 0.1) is 25.7 Å². The molecular formula is C15H10ClFI2N2. The Labute approximate surface area is 154 Å². The minimum absolute atomic E-state index is 0.246. The van der Waals surface area contributed by atoms with Crippen LogP contribution in [0.2, 0.25) is 0 Å². The number of rotatable bonds is 2. The van der Waals surface area contributed by atoms with Crippen molar-refractivity contribution >= 4 is 67.8 Å². The zero-order valence-electron chi connectivity index (χ0n) is 10.9. The molecule has 2 aromatic carbocycles. The Bertz CT molecular complexity index is 830. The molecule has 108 valence electrons. The SMILES string of the molecule is CC(Cl)c1nc2cc(I)c(F)cc2n1-c1ccccc1I. The van der Waals surface area contributed by atoms with Crippen LogP contribution in [0.15, 0.2) is 36.4 Å². The van der Waals surface area contributed by atoms with Gasteiger partial charge in [0.2, 0.25) is 0 Å². The molecule has 0 saturated heterocycles. The standard InChI is InChI=1S/C15H10ClFI2N2/c1-8(16)15-20-12-7-11(19)9(17)6-14(12)21(15)13-5-3-2-4-10(13)18/h2-8H,1H3. The van der Waals surface area contributed by atoms with Crippen molar-refractivity contribution in [2.24, 2.45) is 0 Å². The third-order valence-electron chi connectivity index (χ3n) is 3.17. The second kappa shape index (κ2) is 6.00. The summed E-state index contributed by atoms with van der Waals surface area (Å²) < 4.78 is 17.5. The van der Waals surface area contributed by atoms with E-state index in [1.54, 1.807) is 6.07 Å². The summed E-state index contributed by atoms with van der Waals surface area (Å²) >= 11 is 10.5. The maximum Gasteiger partial charge on any atom is 0.138 e. The highest BCUT2D eigenvalue weighted by atomic mass is 127. The van der Waals surface area contributed by atoms with Crippen LogP contribution in [-0.4, -0.2) is 9.55 Å². The highest BCUT2D eigenvalue weighted by Crippen LogP contribution is 2.31. The van der Waals surface area contributed by atoms with Gasteiger partial charge in [-0.2, -0.15) is 0 Å². The monoisotopic (exact) mass is 526 g/mol. The second-order valence-electron chi connectivity index (χ2n) is 4.63. The minimum Gasteiger partial charge on any atom is -0.294 e. The molecule has 0 amide bonds. The van der Waals surface area contributed by atoms with Crippen molar-refractivity contribution in [3.63, 3.8) is 0 Å². The molecule has 0 aliphatic carbocycles. The van der Waals surface area contributed by atoms with Crippen molar-refractivity contribution in [3.05, 3.63) is 55.2 Å². The summed E-state index contributed by atoms with van der Waals surface area (Å²) in [6.45, 7) is 1.87. The summed E-state index contributed by atoms with van der Waals surface area (Å²) in [4.78, 5) is 4.59. The molecule has 0 radical (unpaired) electrons. The molecule has 6 heteroatoms. The Kier molecular flexibility index (Phi) is 4.42. The van der Waals surface area contributed by atoms with Crippen LogP contribution in [0.3, 0.4) is 0 Å². The lowest BCUT2D eigenvalue weighted by molar-refractivity contribution is 0.621. The fourth-order valence-corrected chi connectivity index (χ4v) is 3.47. The van der Waals surface area contributed by atoms with Crippen molar-refractivity contribution in [1.82, 2.24) is 9.55 Å². The Morgan fingerprint density at radius 3 is 2.57 bits per heavy atom. The number of benzene rings is 2. The quantitative estimate of drug-likeness (QED) is 0.311. The topological polar surface area (TPSA) is 17.8 Å². The molecule has 0 saturated carbocycles. The molecule has 0 N–H and O–H groups in total. The number of halogens is 4. The van der Waals surface area contributed by atoms with E-state index in [9.17, 15) is 4.39 Å². The number of imidazole rings is 1. The van der Waals surface area contributed by atoms with E-state index >= 15 is 0 Å². The average molecular weight is 527 g/mol. The van der Waals surface area contributed by atoms with Gasteiger partial charge >= 0.3 is 0 Å². The largest absolute Gasteiger partial charge is 0.294 e. The van der Waals surface area contributed by atoms with E-state index in [1.807, 2.05) is 58.3 Å². The molecule has 0 spiro atoms. The maximum atomic E-state index is 14.0. The fraction of sp³-hybridized carbons (Fsp3) is 0.133. The van der Waals surface area contributed by atoms with E-state index in [0.717, 1.165) is 26.1 Å². The molecule has 1 unspecified atom stereocenters. The minimum atomic E-state index is -0.269. The Hall–Kier alpha value is -0.410. The molecule has 1 atom stereocenters. The summed E-state index contributed by atoms with van der Waals surface area (Å²) in [7, 11) is 0. The molecule has 3 rings (SSSR count). The van der Waals surface area contributed by atoms with Crippen LogP contribution in [0, 0.1) is 13.0 Å². The maximum absolute atomic E-state index is 14.0. The van der Waals surface area contributed by atoms with Gasteiger partial charge < -0.3 is 0 Å². The summed E-state index contributed by atoms with van der Waals surface area (Å²) in [5.74, 6) is 0.473. The molecule has 0 aliphatic rings. The Balaban J connectivity index is 2.41. The number of fused-ring (bicyclic) bond motifs is 1. The van der Waals surface area contributed by atoms with Crippen LogP contribution in [0.4, 0.5) is 4.39 Å². The van der Waals surface area contributed by atoms with Crippen molar-refractivity contribution < 1.29 is 4.39 Å². The first-order valence-electron chi connectivity index (χ1n) is 6.25. The van der Waals surface area contributed by atoms with Crippen molar-refractivity contribution in [3.8, 4) is 5.69 Å². The predicted molar refractivity (Wildman–Crippen MR) is 101 cm³/mol. The van der Waals surface area contributed by atoms with Gasteiger partial charge in [-0.05, 0) is 70.3 Å². The molecule has 0 aliphatic heterocycles. The summed E-state index contributed by atoms with van der Waals surface area (Å²) in [6.07, 6.45) is 0. The number of nitrogens with zero attached hydrogens (tertiary/aromatic N) is 2. The van der Waals surface area contributed by atoms with Gasteiger partial charge in [-0.25, -0.2) is 9.37 Å². The molecule has 2 nitrogen and oxygen atoms in total. The molecule has 1 aromatic heterocycles. The van der Waals surface area contributed by atoms with Crippen molar-refractivity contribution in [1.29, 1.82) is 0 Å². The van der Waals surface area contributed by atoms with Crippen LogP contribution < -0.4 is 0 Å². The number of hydrogen-bond acceptors (Lipinski definition) is 1. The number of para-hydroxylation sites is 1. The molecular weight excluding hydrogens is 516 g/mol. The lowest BCUT2D eigenvalue weighted by Gasteiger charge is -2.12. The Morgan fingerprint density at radius 1 is 1.19 bits per heavy atom. The third-order valence-corrected chi connectivity index (χ3v) is 5.11. The fourth-order valence-electron chi connectivity index (χ4n) is 2.24. The first-order valence-corrected chi connectivity index (χ1v) is 8.85. The van der Waals surface area contributed by atoms with Crippen LogP contribution in [-0.2, 0) is 0 Å². The van der Waals surface area contributed by atoms with Gasteiger partial charge in [-0.1, -0.05) is 12.1 Å². The van der Waals surface area contributed by atoms with Gasteiger partial charge in [0, 0.05) is 9.64 Å². The van der Waals surface area contributed by atoms with Crippen LogP contribution in [0.25, 0.3) is 16.7 Å². The van der Waals surface area contributed by atoms with E-state index in [1.165, 1.54) is 6.07 Å². The number of aromatic nitrogens is 2. The summed E-state index contributed by atoms with van der Waals surface area (Å²) in [5.41, 5.74) is 2.45. The van der Waals surface area contributed by atoms with E-state index < -0.39 is 0 Å². The lowest BCUT2D eigenvalue weighted by atomic mass is 10.2. The first kappa shape index (κ1) is 15.5. The van der Waals surface area contributed by atoms with Gasteiger partial charge in [0.25, 0.3) is 0 Å². The van der Waals surface area contributed by atoms with E-state index in [0.29, 0.717) is 3.57 Å². The second-order valence-corrected chi connectivity index (χ2v) is 7.61. The highest BCUT2D eigenvalue weighted by molar-refractivity contribution is 14.1. The van der Waals surface area contributed by atoms with E-state index in [4.69, 9.17) is 11.6 Å². The van der Waals surface area contributed by atoms with E-state index in [-0.39, 0.29) is 11.2 Å². The molecule has 0 fully saturated rings. The predicted octanol–water partition coefficient (Wildman–Crippen LogP) is 5.67. The zero-order valence-corrected chi connectivity index (χ0v) is 16.0. The van der Waals surface area contributed by atoms with Crippen LogP contribution in [0.1, 0.15) is 18.1 Å². The number of hydrogen-bond donors (Lipinski definition) is 0. The normalized spacial score (nSPS) is 12.8. The number of alkyl halides is 1. The van der Waals surface area contributed by atoms with E-state index in [2.05, 4.69) is 27.6 Å².